The van der Waals surface area contributed by atoms with E-state index >= 15 is 0 Å². The Morgan fingerprint density at radius 2 is 2.00 bits per heavy atom. The van der Waals surface area contributed by atoms with E-state index in [1.54, 1.807) is 16.2 Å². The molecular formula is C19H22N2O2S. The fraction of sp³-hybridized carbons (Fsp3) is 0.368. The predicted molar refractivity (Wildman–Crippen MR) is 95.4 cm³/mol. The molecule has 1 aliphatic heterocycles. The minimum atomic E-state index is -0.375. The summed E-state index contributed by atoms with van der Waals surface area (Å²) in [5.41, 5.74) is 1.06. The molecule has 3 rings (SSSR count). The topological polar surface area (TPSA) is 49.4 Å². The van der Waals surface area contributed by atoms with Crippen LogP contribution in [0, 0.1) is 0 Å². The number of hydrogen-bond acceptors (Lipinski definition) is 3. The second-order valence-electron chi connectivity index (χ2n) is 6.07. The largest absolute Gasteiger partial charge is 0.349 e. The summed E-state index contributed by atoms with van der Waals surface area (Å²) in [6, 6.07) is 13.5. The first kappa shape index (κ1) is 16.7. The van der Waals surface area contributed by atoms with Crippen LogP contribution in [0.25, 0.3) is 0 Å². The Kier molecular flexibility index (Phi) is 5.64. The lowest BCUT2D eigenvalue weighted by Crippen LogP contribution is -2.48. The summed E-state index contributed by atoms with van der Waals surface area (Å²) in [5, 5.41) is 4.99. The molecule has 5 heteroatoms. The molecule has 0 radical (unpaired) electrons. The maximum Gasteiger partial charge on any atom is 0.243 e. The lowest BCUT2D eigenvalue weighted by atomic mass is 10.1. The van der Waals surface area contributed by atoms with E-state index in [4.69, 9.17) is 0 Å². The molecule has 1 aromatic carbocycles. The number of likely N-dealkylation sites (tertiary alicyclic amines) is 1. The van der Waals surface area contributed by atoms with Crippen molar-refractivity contribution in [2.75, 3.05) is 0 Å². The van der Waals surface area contributed by atoms with Gasteiger partial charge in [0.15, 0.2) is 0 Å². The average molecular weight is 342 g/mol. The molecule has 126 valence electrons. The van der Waals surface area contributed by atoms with Crippen molar-refractivity contribution in [1.29, 1.82) is 0 Å². The van der Waals surface area contributed by atoms with Gasteiger partial charge in [-0.3, -0.25) is 9.59 Å². The Morgan fingerprint density at radius 3 is 2.75 bits per heavy atom. The van der Waals surface area contributed by atoms with Crippen molar-refractivity contribution in [2.24, 2.45) is 0 Å². The van der Waals surface area contributed by atoms with Crippen molar-refractivity contribution in [3.63, 3.8) is 0 Å². The number of nitrogens with zero attached hydrogens (tertiary/aromatic N) is 1. The highest BCUT2D eigenvalue weighted by molar-refractivity contribution is 7.09. The van der Waals surface area contributed by atoms with Crippen LogP contribution in [-0.4, -0.2) is 22.8 Å². The van der Waals surface area contributed by atoms with E-state index in [9.17, 15) is 9.59 Å². The fourth-order valence-corrected chi connectivity index (χ4v) is 3.69. The Labute approximate surface area is 146 Å². The van der Waals surface area contributed by atoms with E-state index < -0.39 is 0 Å². The number of carbonyl (C=O) groups is 2. The zero-order valence-electron chi connectivity index (χ0n) is 13.6. The van der Waals surface area contributed by atoms with E-state index in [1.165, 1.54) is 0 Å². The number of hydrogen-bond donors (Lipinski definition) is 1. The lowest BCUT2D eigenvalue weighted by molar-refractivity contribution is -0.140. The van der Waals surface area contributed by atoms with Gasteiger partial charge in [0.2, 0.25) is 11.8 Å². The van der Waals surface area contributed by atoms with Crippen molar-refractivity contribution >= 4 is 23.2 Å². The summed E-state index contributed by atoms with van der Waals surface area (Å²) in [7, 11) is 0. The van der Waals surface area contributed by atoms with E-state index in [1.807, 2.05) is 47.8 Å². The van der Waals surface area contributed by atoms with Crippen molar-refractivity contribution in [3.05, 3.63) is 58.3 Å². The molecule has 2 heterocycles. The highest BCUT2D eigenvalue weighted by atomic mass is 32.1. The van der Waals surface area contributed by atoms with E-state index in [0.29, 0.717) is 19.5 Å². The minimum absolute atomic E-state index is 0.0467. The Morgan fingerprint density at radius 1 is 1.17 bits per heavy atom. The van der Waals surface area contributed by atoms with Gasteiger partial charge in [-0.25, -0.2) is 0 Å². The molecule has 24 heavy (non-hydrogen) atoms. The molecule has 1 unspecified atom stereocenters. The number of benzene rings is 1. The van der Waals surface area contributed by atoms with Crippen molar-refractivity contribution in [1.82, 2.24) is 10.2 Å². The van der Waals surface area contributed by atoms with Crippen LogP contribution in [0.2, 0.25) is 0 Å². The van der Waals surface area contributed by atoms with Crippen LogP contribution in [0.4, 0.5) is 0 Å². The van der Waals surface area contributed by atoms with Crippen LogP contribution in [-0.2, 0) is 22.7 Å². The van der Waals surface area contributed by atoms with Gasteiger partial charge >= 0.3 is 0 Å². The molecule has 1 N–H and O–H groups in total. The third-order valence-electron chi connectivity index (χ3n) is 4.33. The highest BCUT2D eigenvalue weighted by Crippen LogP contribution is 2.21. The molecule has 1 saturated heterocycles. The maximum atomic E-state index is 12.7. The number of carbonyl (C=O) groups excluding carboxylic acids is 2. The van der Waals surface area contributed by atoms with Gasteiger partial charge in [-0.1, -0.05) is 42.8 Å². The molecule has 0 saturated carbocycles. The molecule has 0 bridgehead atoms. The monoisotopic (exact) mass is 342 g/mol. The quantitative estimate of drug-likeness (QED) is 0.906. The summed E-state index contributed by atoms with van der Waals surface area (Å²) in [6.45, 7) is 1.02. The van der Waals surface area contributed by atoms with Gasteiger partial charge in [-0.2, -0.15) is 0 Å². The second kappa shape index (κ2) is 8.11. The molecule has 1 fully saturated rings. The SMILES string of the molecule is O=C(NCc1cccs1)C1CCCCC(=O)N1Cc1ccccc1. The first-order valence-corrected chi connectivity index (χ1v) is 9.25. The van der Waals surface area contributed by atoms with Gasteiger partial charge < -0.3 is 10.2 Å². The summed E-state index contributed by atoms with van der Waals surface area (Å²) in [5.74, 6) is 0.0298. The molecule has 1 aliphatic rings. The fourth-order valence-electron chi connectivity index (χ4n) is 3.04. The smallest absolute Gasteiger partial charge is 0.243 e. The minimum Gasteiger partial charge on any atom is -0.349 e. The van der Waals surface area contributed by atoms with Crippen molar-refractivity contribution < 1.29 is 9.59 Å². The van der Waals surface area contributed by atoms with Gasteiger partial charge in [0.25, 0.3) is 0 Å². The Balaban J connectivity index is 1.71. The highest BCUT2D eigenvalue weighted by Gasteiger charge is 2.31. The first-order chi connectivity index (χ1) is 11.7. The van der Waals surface area contributed by atoms with E-state index in [-0.39, 0.29) is 17.9 Å². The summed E-state index contributed by atoms with van der Waals surface area (Å²) in [6.07, 6.45) is 3.03. The van der Waals surface area contributed by atoms with Gasteiger partial charge in [0.1, 0.15) is 6.04 Å². The average Bonchev–Trinajstić information content (AvgIpc) is 3.06. The summed E-state index contributed by atoms with van der Waals surface area (Å²) in [4.78, 5) is 28.1. The number of amides is 2. The maximum absolute atomic E-state index is 12.7. The van der Waals surface area contributed by atoms with Gasteiger partial charge in [-0.15, -0.1) is 11.3 Å². The van der Waals surface area contributed by atoms with Gasteiger partial charge in [0, 0.05) is 17.8 Å². The van der Waals surface area contributed by atoms with Crippen LogP contribution in [0.15, 0.2) is 47.8 Å². The first-order valence-electron chi connectivity index (χ1n) is 8.37. The predicted octanol–water partition coefficient (Wildman–Crippen LogP) is 3.34. The van der Waals surface area contributed by atoms with Gasteiger partial charge in [0.05, 0.1) is 6.54 Å². The Hall–Kier alpha value is -2.14. The van der Waals surface area contributed by atoms with E-state index in [0.717, 1.165) is 29.7 Å². The summed E-state index contributed by atoms with van der Waals surface area (Å²) >= 11 is 1.62. The molecule has 2 amide bonds. The molecule has 2 aromatic rings. The third kappa shape index (κ3) is 4.23. The summed E-state index contributed by atoms with van der Waals surface area (Å²) < 4.78 is 0. The molecule has 0 aliphatic carbocycles. The van der Waals surface area contributed by atoms with Crippen molar-refractivity contribution in [3.8, 4) is 0 Å². The van der Waals surface area contributed by atoms with Crippen molar-refractivity contribution in [2.45, 2.75) is 44.8 Å². The third-order valence-corrected chi connectivity index (χ3v) is 5.21. The molecule has 1 aromatic heterocycles. The molecule has 1 atom stereocenters. The number of rotatable bonds is 5. The normalized spacial score (nSPS) is 18.2. The van der Waals surface area contributed by atoms with Crippen LogP contribution in [0.5, 0.6) is 0 Å². The second-order valence-corrected chi connectivity index (χ2v) is 7.10. The standard InChI is InChI=1S/C19H22N2O2S/c22-18-11-5-4-10-17(19(23)20-13-16-9-6-12-24-16)21(18)14-15-7-2-1-3-8-15/h1-3,6-9,12,17H,4-5,10-11,13-14H2,(H,20,23). The molecule has 0 spiro atoms. The zero-order valence-corrected chi connectivity index (χ0v) is 14.4. The van der Waals surface area contributed by atoms with Crippen LogP contribution in [0.1, 0.15) is 36.1 Å². The number of nitrogens with one attached hydrogen (secondary N) is 1. The van der Waals surface area contributed by atoms with Crippen LogP contribution in [0.3, 0.4) is 0 Å². The van der Waals surface area contributed by atoms with E-state index in [2.05, 4.69) is 5.32 Å². The van der Waals surface area contributed by atoms with Crippen LogP contribution < -0.4 is 5.32 Å². The van der Waals surface area contributed by atoms with Gasteiger partial charge in [-0.05, 0) is 29.9 Å². The lowest BCUT2D eigenvalue weighted by Gasteiger charge is -2.29. The zero-order chi connectivity index (χ0) is 16.8. The number of thiophene rings is 1. The Bertz CT molecular complexity index is 670. The molecule has 4 nitrogen and oxygen atoms in total. The molecular weight excluding hydrogens is 320 g/mol. The van der Waals surface area contributed by atoms with Crippen LogP contribution >= 0.6 is 11.3 Å².